The fourth-order valence-electron chi connectivity index (χ4n) is 2.23. The molecule has 66 valence electrons. The first kappa shape index (κ1) is 9.05. The lowest BCUT2D eigenvalue weighted by Gasteiger charge is -2.53. The molecule has 1 aliphatic carbocycles. The molecule has 3 atom stereocenters. The van der Waals surface area contributed by atoms with Gasteiger partial charge in [0.25, 0.3) is 0 Å². The van der Waals surface area contributed by atoms with E-state index >= 15 is 0 Å². The Bertz CT molecular complexity index is 131. The summed E-state index contributed by atoms with van der Waals surface area (Å²) in [5.74, 6) is 0.913. The Morgan fingerprint density at radius 3 is 2.45 bits per heavy atom. The third-order valence-electron chi connectivity index (χ3n) is 3.72. The van der Waals surface area contributed by atoms with Gasteiger partial charge in [0.1, 0.15) is 0 Å². The molecule has 0 aliphatic heterocycles. The van der Waals surface area contributed by atoms with Crippen molar-refractivity contribution in [3.05, 3.63) is 0 Å². The van der Waals surface area contributed by atoms with Crippen molar-refractivity contribution in [3.8, 4) is 0 Å². The van der Waals surface area contributed by atoms with Gasteiger partial charge in [0.2, 0.25) is 0 Å². The molecule has 1 fully saturated rings. The minimum Gasteiger partial charge on any atom is -0.314 e. The minimum absolute atomic E-state index is 0.579. The Hall–Kier alpha value is -0.0400. The maximum atomic E-state index is 3.55. The number of rotatable bonds is 3. The van der Waals surface area contributed by atoms with Gasteiger partial charge in [-0.25, -0.2) is 0 Å². The van der Waals surface area contributed by atoms with Crippen LogP contribution in [0.3, 0.4) is 0 Å². The molecule has 0 aromatic heterocycles. The topological polar surface area (TPSA) is 12.0 Å². The third-order valence-corrected chi connectivity index (χ3v) is 3.72. The van der Waals surface area contributed by atoms with E-state index < -0.39 is 0 Å². The first-order valence-corrected chi connectivity index (χ1v) is 4.88. The maximum Gasteiger partial charge on any atom is 0.0126 e. The highest BCUT2D eigenvalue weighted by Gasteiger charge is 2.46. The predicted molar refractivity (Wildman–Crippen MR) is 49.6 cm³/mol. The van der Waals surface area contributed by atoms with E-state index in [0.29, 0.717) is 5.41 Å². The molecule has 0 aromatic carbocycles. The van der Waals surface area contributed by atoms with Crippen LogP contribution in [0.1, 0.15) is 40.5 Å². The molecule has 0 saturated heterocycles. The average molecular weight is 155 g/mol. The van der Waals surface area contributed by atoms with Gasteiger partial charge in [0.05, 0.1) is 0 Å². The lowest BCUT2D eigenvalue weighted by atomic mass is 9.57. The quantitative estimate of drug-likeness (QED) is 0.660. The van der Waals surface area contributed by atoms with Crippen LogP contribution in [-0.2, 0) is 0 Å². The SMILES string of the molecule is CCNC1CC(C)C1(C)CC. The fraction of sp³-hybridized carbons (Fsp3) is 1.00. The van der Waals surface area contributed by atoms with E-state index in [4.69, 9.17) is 0 Å². The Morgan fingerprint density at radius 1 is 1.45 bits per heavy atom. The second-order valence-electron chi connectivity index (χ2n) is 4.11. The summed E-state index contributed by atoms with van der Waals surface area (Å²) in [4.78, 5) is 0. The van der Waals surface area contributed by atoms with E-state index in [1.54, 1.807) is 0 Å². The zero-order valence-corrected chi connectivity index (χ0v) is 8.28. The molecule has 0 heterocycles. The zero-order chi connectivity index (χ0) is 8.48. The molecule has 0 aromatic rings. The highest BCUT2D eigenvalue weighted by molar-refractivity contribution is 5.00. The normalized spacial score (nSPS) is 43.6. The van der Waals surface area contributed by atoms with Crippen LogP contribution < -0.4 is 5.32 Å². The van der Waals surface area contributed by atoms with Crippen molar-refractivity contribution in [3.63, 3.8) is 0 Å². The van der Waals surface area contributed by atoms with Crippen molar-refractivity contribution in [1.82, 2.24) is 5.32 Å². The summed E-state index contributed by atoms with van der Waals surface area (Å²) >= 11 is 0. The average Bonchev–Trinajstić information content (AvgIpc) is 2.03. The molecule has 0 bridgehead atoms. The molecule has 1 saturated carbocycles. The van der Waals surface area contributed by atoms with Crippen LogP contribution in [-0.4, -0.2) is 12.6 Å². The standard InChI is InChI=1S/C10H21N/c1-5-10(4)8(3)7-9(10)11-6-2/h8-9,11H,5-7H2,1-4H3. The van der Waals surface area contributed by atoms with Crippen molar-refractivity contribution in [2.45, 2.75) is 46.6 Å². The molecule has 0 spiro atoms. The summed E-state index contributed by atoms with van der Waals surface area (Å²) in [5.41, 5.74) is 0.579. The lowest BCUT2D eigenvalue weighted by Crippen LogP contribution is -2.57. The Balaban J connectivity index is 2.47. The van der Waals surface area contributed by atoms with Gasteiger partial charge in [0.15, 0.2) is 0 Å². The Kier molecular flexibility index (Phi) is 2.58. The second-order valence-corrected chi connectivity index (χ2v) is 4.11. The predicted octanol–water partition coefficient (Wildman–Crippen LogP) is 2.42. The summed E-state index contributed by atoms with van der Waals surface area (Å²) in [6.07, 6.45) is 2.68. The van der Waals surface area contributed by atoms with Gasteiger partial charge in [0, 0.05) is 6.04 Å². The molecule has 1 nitrogen and oxygen atoms in total. The van der Waals surface area contributed by atoms with Crippen LogP contribution >= 0.6 is 0 Å². The molecule has 1 heteroatoms. The highest BCUT2D eigenvalue weighted by atomic mass is 15.0. The molecular weight excluding hydrogens is 134 g/mol. The van der Waals surface area contributed by atoms with Gasteiger partial charge in [-0.1, -0.05) is 27.7 Å². The maximum absolute atomic E-state index is 3.55. The first-order chi connectivity index (χ1) is 5.15. The summed E-state index contributed by atoms with van der Waals surface area (Å²) in [5, 5.41) is 3.55. The number of hydrogen-bond donors (Lipinski definition) is 1. The van der Waals surface area contributed by atoms with E-state index in [2.05, 4.69) is 33.0 Å². The van der Waals surface area contributed by atoms with Crippen LogP contribution in [0, 0.1) is 11.3 Å². The number of hydrogen-bond acceptors (Lipinski definition) is 1. The largest absolute Gasteiger partial charge is 0.314 e. The molecule has 0 amide bonds. The van der Waals surface area contributed by atoms with Gasteiger partial charge < -0.3 is 5.32 Å². The van der Waals surface area contributed by atoms with E-state index in [9.17, 15) is 0 Å². The highest BCUT2D eigenvalue weighted by Crippen LogP contribution is 2.48. The van der Waals surface area contributed by atoms with Crippen molar-refractivity contribution < 1.29 is 0 Å². The molecule has 11 heavy (non-hydrogen) atoms. The van der Waals surface area contributed by atoms with Crippen molar-refractivity contribution in [1.29, 1.82) is 0 Å². The van der Waals surface area contributed by atoms with Crippen molar-refractivity contribution in [2.75, 3.05) is 6.54 Å². The smallest absolute Gasteiger partial charge is 0.0126 e. The Labute approximate surface area is 70.6 Å². The van der Waals surface area contributed by atoms with E-state index in [1.807, 2.05) is 0 Å². The fourth-order valence-corrected chi connectivity index (χ4v) is 2.23. The van der Waals surface area contributed by atoms with Gasteiger partial charge >= 0.3 is 0 Å². The van der Waals surface area contributed by atoms with Crippen molar-refractivity contribution >= 4 is 0 Å². The molecule has 1 rings (SSSR count). The van der Waals surface area contributed by atoms with Gasteiger partial charge in [-0.15, -0.1) is 0 Å². The van der Waals surface area contributed by atoms with Crippen LogP contribution in [0.2, 0.25) is 0 Å². The monoisotopic (exact) mass is 155 g/mol. The second kappa shape index (κ2) is 3.14. The molecule has 3 unspecified atom stereocenters. The van der Waals surface area contributed by atoms with Crippen LogP contribution in [0.15, 0.2) is 0 Å². The summed E-state index contributed by atoms with van der Waals surface area (Å²) < 4.78 is 0. The van der Waals surface area contributed by atoms with Gasteiger partial charge in [-0.2, -0.15) is 0 Å². The molecular formula is C10H21N. The first-order valence-electron chi connectivity index (χ1n) is 4.88. The van der Waals surface area contributed by atoms with E-state index in [0.717, 1.165) is 18.5 Å². The van der Waals surface area contributed by atoms with Gasteiger partial charge in [-0.05, 0) is 30.7 Å². The number of nitrogens with one attached hydrogen (secondary N) is 1. The summed E-state index contributed by atoms with van der Waals surface area (Å²) in [6.45, 7) is 10.4. The van der Waals surface area contributed by atoms with E-state index in [1.165, 1.54) is 12.8 Å². The zero-order valence-electron chi connectivity index (χ0n) is 8.28. The minimum atomic E-state index is 0.579. The molecule has 1 aliphatic rings. The van der Waals surface area contributed by atoms with Crippen LogP contribution in [0.4, 0.5) is 0 Å². The van der Waals surface area contributed by atoms with Gasteiger partial charge in [-0.3, -0.25) is 0 Å². The van der Waals surface area contributed by atoms with Crippen molar-refractivity contribution in [2.24, 2.45) is 11.3 Å². The van der Waals surface area contributed by atoms with Crippen LogP contribution in [0.25, 0.3) is 0 Å². The third kappa shape index (κ3) is 1.31. The lowest BCUT2D eigenvalue weighted by molar-refractivity contribution is 0.00570. The molecule has 1 N–H and O–H groups in total. The Morgan fingerprint density at radius 2 is 2.09 bits per heavy atom. The summed E-state index contributed by atoms with van der Waals surface area (Å²) in [7, 11) is 0. The molecule has 0 radical (unpaired) electrons. The van der Waals surface area contributed by atoms with E-state index in [-0.39, 0.29) is 0 Å². The van der Waals surface area contributed by atoms with Crippen LogP contribution in [0.5, 0.6) is 0 Å². The summed E-state index contributed by atoms with van der Waals surface area (Å²) in [6, 6.07) is 0.785.